The van der Waals surface area contributed by atoms with E-state index in [0.717, 1.165) is 61.9 Å². The molecule has 0 aliphatic carbocycles. The van der Waals surface area contributed by atoms with Crippen molar-refractivity contribution in [3.05, 3.63) is 126 Å². The van der Waals surface area contributed by atoms with Crippen LogP contribution in [0, 0.1) is 13.8 Å². The molecule has 1 aliphatic heterocycles. The summed E-state index contributed by atoms with van der Waals surface area (Å²) in [7, 11) is 0. The van der Waals surface area contributed by atoms with Gasteiger partial charge in [-0.25, -0.2) is 4.70 Å². The molecule has 2 aromatic carbocycles. The van der Waals surface area contributed by atoms with Crippen molar-refractivity contribution in [2.75, 3.05) is 0 Å². The van der Waals surface area contributed by atoms with Crippen LogP contribution in [-0.2, 0) is 29.3 Å². The molecule has 0 aromatic heterocycles. The molecule has 0 radical (unpaired) electrons. The monoisotopic (exact) mass is 877 g/mol. The largest absolute Gasteiger partial charge is 2.00 e. The third kappa shape index (κ3) is 26.7. The van der Waals surface area contributed by atoms with Crippen LogP contribution in [0.5, 0.6) is 0 Å². The molecule has 0 N–H and O–H groups in total. The first-order valence-corrected chi connectivity index (χ1v) is 25.5. The van der Waals surface area contributed by atoms with Crippen LogP contribution >= 0.6 is 0 Å². The summed E-state index contributed by atoms with van der Waals surface area (Å²) >= 11 is 0. The van der Waals surface area contributed by atoms with Gasteiger partial charge in [0.2, 0.25) is 11.4 Å². The first-order valence-electron chi connectivity index (χ1n) is 25.5. The Labute approximate surface area is 390 Å². The number of aryl methyl sites for hydroxylation is 2. The fourth-order valence-electron chi connectivity index (χ4n) is 8.35. The van der Waals surface area contributed by atoms with E-state index in [0.29, 0.717) is 0 Å². The van der Waals surface area contributed by atoms with Gasteiger partial charge in [0.25, 0.3) is 0 Å². The minimum Gasteiger partial charge on any atom is -0.493 e. The van der Waals surface area contributed by atoms with Gasteiger partial charge in [-0.3, -0.25) is 0 Å². The van der Waals surface area contributed by atoms with Crippen LogP contribution < -0.4 is 0 Å². The molecule has 3 rings (SSSR count). The Kier molecular flexibility index (Phi) is 41.0. The zero-order valence-electron chi connectivity index (χ0n) is 40.6. The van der Waals surface area contributed by atoms with Gasteiger partial charge in [0.15, 0.2) is 0 Å². The van der Waals surface area contributed by atoms with Crippen LogP contribution in [0.4, 0.5) is 0 Å². The fraction of sp³-hybridized carbons (Fsp3) is 0.621. The summed E-state index contributed by atoms with van der Waals surface area (Å²) in [5.74, 6) is 0. The number of nitrogens with zero attached hydrogens (tertiary/aromatic N) is 2. The van der Waals surface area contributed by atoms with E-state index in [1.54, 1.807) is 13.8 Å². The van der Waals surface area contributed by atoms with Crippen molar-refractivity contribution in [2.45, 2.75) is 234 Å². The van der Waals surface area contributed by atoms with E-state index in [-0.39, 0.29) is 16.5 Å². The molecular weight excluding hydrogens is 783 g/mol. The number of hydrogen-bond acceptors (Lipinski definition) is 0. The molecule has 0 saturated heterocycles. The molecule has 2 nitrogen and oxygen atoms in total. The van der Waals surface area contributed by atoms with Gasteiger partial charge in [-0.05, 0) is 87.5 Å². The molecule has 0 spiro atoms. The zero-order valence-corrected chi connectivity index (χ0v) is 41.5. The van der Waals surface area contributed by atoms with Gasteiger partial charge in [0, 0.05) is 22.8 Å². The second-order valence-electron chi connectivity index (χ2n) is 16.8. The van der Waals surface area contributed by atoms with Gasteiger partial charge in [-0.2, -0.15) is 13.8 Å². The van der Waals surface area contributed by atoms with Crippen molar-refractivity contribution < 1.29 is 21.2 Å². The van der Waals surface area contributed by atoms with Crippen molar-refractivity contribution in [3.8, 4) is 0 Å². The molecule has 1 aliphatic rings. The Bertz CT molecular complexity index is 1450. The molecule has 0 atom stereocenters. The zero-order chi connectivity index (χ0) is 43.7. The Morgan fingerprint density at radius 1 is 0.426 bits per heavy atom. The average molecular weight is 878 g/mol. The Morgan fingerprint density at radius 2 is 0.770 bits per heavy atom. The Hall–Kier alpha value is -2.51. The van der Waals surface area contributed by atoms with Crippen molar-refractivity contribution in [3.63, 3.8) is 0 Å². The summed E-state index contributed by atoms with van der Waals surface area (Å²) in [5.41, 5.74) is 20.1. The standard InChI is InChI=1S/C54H84N2.2C2H5.Ni/c1-4-7-10-12-14-16-18-20-22-24-26-28-30-32-34-41-48-43-36-38-45-51(48)53-47-50(40-9-6-3)54(56(53)55)52-46-39-37-44-49(52)42-35-33-31-29-27-25-23-21-19-17-15-13-11-8-5-2;2*1-2;/h30-33,36-39,43-47H,4-29,34-35,40-42H2,1-3H3;2*1H2,2H3;/q;2*-1;+2. The van der Waals surface area contributed by atoms with E-state index in [9.17, 15) is 5.53 Å². The Morgan fingerprint density at radius 3 is 1.20 bits per heavy atom. The van der Waals surface area contributed by atoms with Crippen molar-refractivity contribution in [1.29, 1.82) is 0 Å². The van der Waals surface area contributed by atoms with Crippen molar-refractivity contribution in [2.24, 2.45) is 0 Å². The smallest absolute Gasteiger partial charge is 0.493 e. The van der Waals surface area contributed by atoms with Gasteiger partial charge in [0.05, 0.1) is 0 Å². The van der Waals surface area contributed by atoms with Crippen LogP contribution in [0.25, 0.3) is 16.9 Å². The summed E-state index contributed by atoms with van der Waals surface area (Å²) in [6.07, 6.45) is 52.2. The molecule has 0 unspecified atom stereocenters. The molecule has 1 heterocycles. The van der Waals surface area contributed by atoms with Crippen molar-refractivity contribution >= 4 is 11.4 Å². The number of benzene rings is 2. The number of hydrogen-bond donors (Lipinski definition) is 0. The maximum absolute atomic E-state index is 12.0. The number of allylic oxidation sites excluding steroid dienone is 6. The van der Waals surface area contributed by atoms with E-state index in [2.05, 4.69) is 114 Å². The molecule has 0 amide bonds. The van der Waals surface area contributed by atoms with Gasteiger partial charge >= 0.3 is 16.5 Å². The Balaban J connectivity index is 0.00000698. The SMILES string of the molecule is CCCCCCCCCCCCCC=CCCc1ccccc1C1=CC(CCCC)=C(c2ccccc2CCC=CCCCCCCCCCCCCC)[N+]1=[N-].[CH2-]C.[CH2-]C.[Ni+2]. The predicted molar refractivity (Wildman–Crippen MR) is 270 cm³/mol. The second-order valence-corrected chi connectivity index (χ2v) is 16.8. The van der Waals surface area contributed by atoms with Crippen LogP contribution in [0.2, 0.25) is 0 Å². The maximum Gasteiger partial charge on any atom is 2.00 e. The van der Waals surface area contributed by atoms with Crippen LogP contribution in [0.3, 0.4) is 0 Å². The molecule has 61 heavy (non-hydrogen) atoms. The molecule has 3 heteroatoms. The molecule has 0 fully saturated rings. The maximum atomic E-state index is 12.0. The third-order valence-corrected chi connectivity index (χ3v) is 11.9. The van der Waals surface area contributed by atoms with Gasteiger partial charge in [-0.1, -0.05) is 216 Å². The average Bonchev–Trinajstić information content (AvgIpc) is 3.61. The van der Waals surface area contributed by atoms with Crippen molar-refractivity contribution in [1.82, 2.24) is 0 Å². The van der Waals surface area contributed by atoms with Gasteiger partial charge < -0.3 is 19.4 Å². The summed E-state index contributed by atoms with van der Waals surface area (Å²) < 4.78 is 1.52. The molecule has 346 valence electrons. The van der Waals surface area contributed by atoms with E-state index in [4.69, 9.17) is 0 Å². The second kappa shape index (κ2) is 42.8. The molecule has 2 aromatic rings. The van der Waals surface area contributed by atoms with E-state index in [1.807, 2.05) is 0 Å². The topological polar surface area (TPSA) is 25.3 Å². The summed E-state index contributed by atoms with van der Waals surface area (Å²) in [6, 6.07) is 17.5. The summed E-state index contributed by atoms with van der Waals surface area (Å²) in [4.78, 5) is 0. The third-order valence-electron chi connectivity index (χ3n) is 11.9. The minimum absolute atomic E-state index is 0. The van der Waals surface area contributed by atoms with E-state index >= 15 is 0 Å². The quantitative estimate of drug-likeness (QED) is 0.0217. The summed E-state index contributed by atoms with van der Waals surface area (Å²) in [5, 5.41) is 0. The van der Waals surface area contributed by atoms with Crippen LogP contribution in [-0.4, -0.2) is 4.70 Å². The molecular formula is C58H94N2Ni. The first kappa shape index (κ1) is 58.5. The van der Waals surface area contributed by atoms with E-state index in [1.165, 1.54) is 181 Å². The van der Waals surface area contributed by atoms with Gasteiger partial charge in [-0.15, -0.1) is 0 Å². The first-order chi connectivity index (χ1) is 29.7. The predicted octanol–water partition coefficient (Wildman–Crippen LogP) is 19.7. The number of rotatable bonds is 35. The molecule has 0 saturated carbocycles. The molecule has 0 bridgehead atoms. The van der Waals surface area contributed by atoms with E-state index < -0.39 is 0 Å². The summed E-state index contributed by atoms with van der Waals surface area (Å²) in [6.45, 7) is 16.8. The van der Waals surface area contributed by atoms with Crippen LogP contribution in [0.15, 0.2) is 84.5 Å². The number of unbranched alkanes of at least 4 members (excludes halogenated alkanes) is 23. The normalized spacial score (nSPS) is 12.4. The minimum atomic E-state index is 0. The van der Waals surface area contributed by atoms with Gasteiger partial charge in [0.1, 0.15) is 0 Å². The van der Waals surface area contributed by atoms with Crippen LogP contribution in [0.1, 0.15) is 243 Å². The fourth-order valence-corrected chi connectivity index (χ4v) is 8.35.